The Bertz CT molecular complexity index is 536. The minimum atomic E-state index is -4.14. The topological polar surface area (TPSA) is 29.1 Å². The van der Waals surface area contributed by atoms with Crippen LogP contribution >= 0.6 is 17.9 Å². The maximum absolute atomic E-state index is 12.9. The standard InChI is InChI=1S/C13H15F3NOPS/c14-13(15,16)9-6-7-12-11(8-9)17-19(18,20-12)10-4-2-1-3-5-10/h1-5,9,11-12H,6-8H2,(H,17,18). The molecule has 1 aliphatic heterocycles. The first-order chi connectivity index (χ1) is 9.38. The fraction of sp³-hybridized carbons (Fsp3) is 0.538. The van der Waals surface area contributed by atoms with E-state index in [4.69, 9.17) is 0 Å². The van der Waals surface area contributed by atoms with Gasteiger partial charge in [0.15, 0.2) is 0 Å². The van der Waals surface area contributed by atoms with Crippen molar-refractivity contribution in [2.24, 2.45) is 5.92 Å². The van der Waals surface area contributed by atoms with E-state index in [2.05, 4.69) is 5.09 Å². The summed E-state index contributed by atoms with van der Waals surface area (Å²) in [4.78, 5) is 0. The summed E-state index contributed by atoms with van der Waals surface area (Å²) in [7, 11) is 0. The first kappa shape index (κ1) is 14.5. The van der Waals surface area contributed by atoms with Crippen LogP contribution in [0.2, 0.25) is 0 Å². The highest BCUT2D eigenvalue weighted by Crippen LogP contribution is 2.64. The molecule has 0 bridgehead atoms. The summed E-state index contributed by atoms with van der Waals surface area (Å²) < 4.78 is 51.3. The van der Waals surface area contributed by atoms with Crippen molar-refractivity contribution < 1.29 is 17.7 Å². The molecule has 1 N–H and O–H groups in total. The van der Waals surface area contributed by atoms with E-state index < -0.39 is 18.6 Å². The molecule has 1 aromatic rings. The molecule has 1 aromatic carbocycles. The van der Waals surface area contributed by atoms with E-state index in [1.165, 1.54) is 11.4 Å². The second kappa shape index (κ2) is 5.08. The van der Waals surface area contributed by atoms with Crippen LogP contribution in [0.4, 0.5) is 13.2 Å². The number of halogens is 3. The zero-order valence-corrected chi connectivity index (χ0v) is 12.3. The quantitative estimate of drug-likeness (QED) is 0.794. The SMILES string of the molecule is O=P1(c2ccccc2)NC2CC(C(F)(F)F)CCC2S1. The Balaban J connectivity index is 1.78. The smallest absolute Gasteiger partial charge is 0.290 e. The molecule has 2 fully saturated rings. The number of rotatable bonds is 1. The van der Waals surface area contributed by atoms with Crippen LogP contribution in [-0.2, 0) is 4.57 Å². The van der Waals surface area contributed by atoms with Gasteiger partial charge in [0, 0.05) is 16.6 Å². The van der Waals surface area contributed by atoms with Crippen LogP contribution in [0.25, 0.3) is 0 Å². The van der Waals surface area contributed by atoms with E-state index in [-0.39, 0.29) is 24.1 Å². The molecule has 0 spiro atoms. The van der Waals surface area contributed by atoms with Crippen molar-refractivity contribution >= 4 is 23.2 Å². The lowest BCUT2D eigenvalue weighted by Gasteiger charge is -2.31. The van der Waals surface area contributed by atoms with Gasteiger partial charge >= 0.3 is 6.18 Å². The highest BCUT2D eigenvalue weighted by atomic mass is 32.7. The van der Waals surface area contributed by atoms with Crippen LogP contribution in [0.3, 0.4) is 0 Å². The maximum Gasteiger partial charge on any atom is 0.391 e. The summed E-state index contributed by atoms with van der Waals surface area (Å²) in [5, 5.41) is 3.73. The number of hydrogen-bond donors (Lipinski definition) is 1. The van der Waals surface area contributed by atoms with Crippen LogP contribution in [0.15, 0.2) is 30.3 Å². The van der Waals surface area contributed by atoms with Gasteiger partial charge in [-0.2, -0.15) is 13.2 Å². The van der Waals surface area contributed by atoms with Crippen molar-refractivity contribution in [3.8, 4) is 0 Å². The lowest BCUT2D eigenvalue weighted by Crippen LogP contribution is -2.40. The van der Waals surface area contributed by atoms with E-state index in [1.807, 2.05) is 6.07 Å². The average Bonchev–Trinajstić information content (AvgIpc) is 2.75. The highest BCUT2D eigenvalue weighted by Gasteiger charge is 2.51. The third-order valence-electron chi connectivity index (χ3n) is 3.97. The molecule has 2 nitrogen and oxygen atoms in total. The second-order valence-corrected chi connectivity index (χ2v) is 10.2. The van der Waals surface area contributed by atoms with Crippen LogP contribution in [0, 0.1) is 5.92 Å². The zero-order valence-electron chi connectivity index (χ0n) is 10.6. The molecular formula is C13H15F3NOPS. The molecule has 1 saturated carbocycles. The molecule has 2 aliphatic rings. The van der Waals surface area contributed by atoms with E-state index >= 15 is 0 Å². The lowest BCUT2D eigenvalue weighted by molar-refractivity contribution is -0.182. The third-order valence-corrected chi connectivity index (χ3v) is 9.40. The van der Waals surface area contributed by atoms with Crippen LogP contribution in [0.1, 0.15) is 19.3 Å². The van der Waals surface area contributed by atoms with Gasteiger partial charge in [0.05, 0.1) is 5.92 Å². The fourth-order valence-corrected chi connectivity index (χ4v) is 8.79. The number of fused-ring (bicyclic) bond motifs is 1. The van der Waals surface area contributed by atoms with Crippen molar-refractivity contribution in [3.63, 3.8) is 0 Å². The Morgan fingerprint density at radius 3 is 2.55 bits per heavy atom. The Morgan fingerprint density at radius 2 is 1.90 bits per heavy atom. The van der Waals surface area contributed by atoms with Crippen molar-refractivity contribution in [1.82, 2.24) is 5.09 Å². The van der Waals surface area contributed by atoms with Crippen molar-refractivity contribution in [2.75, 3.05) is 0 Å². The van der Waals surface area contributed by atoms with Crippen molar-refractivity contribution in [1.29, 1.82) is 0 Å². The highest BCUT2D eigenvalue weighted by molar-refractivity contribution is 8.60. The summed E-state index contributed by atoms with van der Waals surface area (Å²) >= 11 is 1.34. The molecule has 1 heterocycles. The number of nitrogens with one attached hydrogen (secondary N) is 1. The van der Waals surface area contributed by atoms with Gasteiger partial charge in [-0.1, -0.05) is 29.6 Å². The predicted octanol–water partition coefficient (Wildman–Crippen LogP) is 3.94. The van der Waals surface area contributed by atoms with Gasteiger partial charge in [-0.25, -0.2) is 0 Å². The van der Waals surface area contributed by atoms with E-state index in [1.54, 1.807) is 24.3 Å². The summed E-state index contributed by atoms with van der Waals surface area (Å²) in [6.07, 6.45) is -3.48. The zero-order chi connectivity index (χ0) is 14.4. The molecule has 20 heavy (non-hydrogen) atoms. The third kappa shape index (κ3) is 2.66. The molecule has 0 amide bonds. The minimum absolute atomic E-state index is 0.0274. The van der Waals surface area contributed by atoms with E-state index in [9.17, 15) is 17.7 Å². The molecule has 1 saturated heterocycles. The lowest BCUT2D eigenvalue weighted by atomic mass is 9.85. The molecular weight excluding hydrogens is 306 g/mol. The molecule has 4 atom stereocenters. The summed E-state index contributed by atoms with van der Waals surface area (Å²) in [6.45, 7) is -2.81. The van der Waals surface area contributed by atoms with Gasteiger partial charge < -0.3 is 0 Å². The van der Waals surface area contributed by atoms with Gasteiger partial charge in [-0.15, -0.1) is 0 Å². The van der Waals surface area contributed by atoms with Crippen LogP contribution in [0.5, 0.6) is 0 Å². The van der Waals surface area contributed by atoms with Gasteiger partial charge in [0.1, 0.15) is 0 Å². The van der Waals surface area contributed by atoms with Gasteiger partial charge in [-0.3, -0.25) is 9.65 Å². The molecule has 4 unspecified atom stereocenters. The second-order valence-electron chi connectivity index (χ2n) is 5.32. The van der Waals surface area contributed by atoms with Crippen LogP contribution in [-0.4, -0.2) is 17.5 Å². The van der Waals surface area contributed by atoms with E-state index in [0.717, 1.165) is 0 Å². The Kier molecular flexibility index (Phi) is 3.68. The van der Waals surface area contributed by atoms with Gasteiger partial charge in [0.25, 0.3) is 0 Å². The normalized spacial score (nSPS) is 37.6. The molecule has 0 radical (unpaired) electrons. The monoisotopic (exact) mass is 321 g/mol. The molecule has 3 rings (SSSR count). The van der Waals surface area contributed by atoms with Gasteiger partial charge in [0.2, 0.25) is 6.49 Å². The Morgan fingerprint density at radius 1 is 1.20 bits per heavy atom. The molecule has 110 valence electrons. The minimum Gasteiger partial charge on any atom is -0.290 e. The van der Waals surface area contributed by atoms with Gasteiger partial charge in [-0.05, 0) is 31.4 Å². The first-order valence-electron chi connectivity index (χ1n) is 6.57. The maximum atomic E-state index is 12.9. The number of alkyl halides is 3. The fourth-order valence-electron chi connectivity index (χ4n) is 2.90. The molecule has 1 aliphatic carbocycles. The number of benzene rings is 1. The summed E-state index contributed by atoms with van der Waals surface area (Å²) in [5.41, 5.74) is 0. The Labute approximate surface area is 119 Å². The van der Waals surface area contributed by atoms with Crippen LogP contribution < -0.4 is 10.4 Å². The first-order valence-corrected chi connectivity index (χ1v) is 9.76. The van der Waals surface area contributed by atoms with Crippen molar-refractivity contribution in [2.45, 2.75) is 36.7 Å². The number of hydrogen-bond acceptors (Lipinski definition) is 2. The van der Waals surface area contributed by atoms with E-state index in [0.29, 0.717) is 11.7 Å². The average molecular weight is 321 g/mol. The predicted molar refractivity (Wildman–Crippen MR) is 75.4 cm³/mol. The Hall–Kier alpha value is -0.450. The summed E-state index contributed by atoms with van der Waals surface area (Å²) in [5.74, 6) is -1.26. The van der Waals surface area contributed by atoms with Crippen molar-refractivity contribution in [3.05, 3.63) is 30.3 Å². The molecule has 0 aromatic heterocycles. The largest absolute Gasteiger partial charge is 0.391 e. The molecule has 7 heteroatoms. The summed E-state index contributed by atoms with van der Waals surface area (Å²) in [6, 6.07) is 8.70.